The lowest BCUT2D eigenvalue weighted by atomic mass is 9.84. The van der Waals surface area contributed by atoms with E-state index in [4.69, 9.17) is 4.74 Å². The zero-order chi connectivity index (χ0) is 11.5. The summed E-state index contributed by atoms with van der Waals surface area (Å²) in [5, 5.41) is 0. The molecule has 0 spiro atoms. The van der Waals surface area contributed by atoms with E-state index >= 15 is 0 Å². The maximum absolute atomic E-state index is 6.14. The quantitative estimate of drug-likeness (QED) is 0.630. The standard InChI is InChI=1S/C14H26O/c1-11(2)7-6-9-14(5)10-8-12(3)13(4)15-14/h7,12-13H,6,8-10H2,1-5H3. The second-order valence-corrected chi connectivity index (χ2v) is 5.61. The first-order valence-electron chi connectivity index (χ1n) is 6.24. The monoisotopic (exact) mass is 210 g/mol. The van der Waals surface area contributed by atoms with Gasteiger partial charge in [-0.1, -0.05) is 18.6 Å². The summed E-state index contributed by atoms with van der Waals surface area (Å²) in [5.74, 6) is 0.724. The van der Waals surface area contributed by atoms with Gasteiger partial charge in [-0.2, -0.15) is 0 Å². The molecule has 1 nitrogen and oxygen atoms in total. The lowest BCUT2D eigenvalue weighted by molar-refractivity contribution is -0.135. The summed E-state index contributed by atoms with van der Waals surface area (Å²) in [5.41, 5.74) is 1.54. The van der Waals surface area contributed by atoms with E-state index in [1.165, 1.54) is 18.4 Å². The third-order valence-corrected chi connectivity index (χ3v) is 3.63. The highest BCUT2D eigenvalue weighted by Gasteiger charge is 2.33. The van der Waals surface area contributed by atoms with Gasteiger partial charge in [-0.3, -0.25) is 0 Å². The van der Waals surface area contributed by atoms with Crippen LogP contribution in [0.25, 0.3) is 0 Å². The molecule has 15 heavy (non-hydrogen) atoms. The van der Waals surface area contributed by atoms with Crippen LogP contribution in [0.1, 0.15) is 60.3 Å². The first kappa shape index (κ1) is 12.8. The molecular weight excluding hydrogens is 184 g/mol. The molecule has 0 radical (unpaired) electrons. The molecule has 1 saturated heterocycles. The van der Waals surface area contributed by atoms with Crippen molar-refractivity contribution in [1.29, 1.82) is 0 Å². The molecule has 0 aliphatic carbocycles. The Morgan fingerprint density at radius 3 is 2.60 bits per heavy atom. The number of allylic oxidation sites excluding steroid dienone is 2. The summed E-state index contributed by atoms with van der Waals surface area (Å²) >= 11 is 0. The first-order chi connectivity index (χ1) is 6.93. The fraction of sp³-hybridized carbons (Fsp3) is 0.857. The Hall–Kier alpha value is -0.300. The van der Waals surface area contributed by atoms with Gasteiger partial charge in [0.25, 0.3) is 0 Å². The van der Waals surface area contributed by atoms with Gasteiger partial charge in [0.05, 0.1) is 11.7 Å². The van der Waals surface area contributed by atoms with Crippen LogP contribution in [0.5, 0.6) is 0 Å². The molecule has 0 amide bonds. The lowest BCUT2D eigenvalue weighted by Gasteiger charge is -2.41. The molecule has 0 saturated carbocycles. The van der Waals surface area contributed by atoms with Gasteiger partial charge in [0.15, 0.2) is 0 Å². The van der Waals surface area contributed by atoms with Gasteiger partial charge in [0.1, 0.15) is 0 Å². The molecule has 0 aromatic heterocycles. The van der Waals surface area contributed by atoms with Crippen molar-refractivity contribution in [3.63, 3.8) is 0 Å². The molecule has 3 unspecified atom stereocenters. The lowest BCUT2D eigenvalue weighted by Crippen LogP contribution is -2.40. The van der Waals surface area contributed by atoms with Crippen LogP contribution in [0.15, 0.2) is 11.6 Å². The van der Waals surface area contributed by atoms with Crippen molar-refractivity contribution in [2.45, 2.75) is 72.0 Å². The molecule has 1 rings (SSSR count). The third kappa shape index (κ3) is 3.98. The predicted molar refractivity (Wildman–Crippen MR) is 66.0 cm³/mol. The van der Waals surface area contributed by atoms with Gasteiger partial charge >= 0.3 is 0 Å². The van der Waals surface area contributed by atoms with E-state index in [9.17, 15) is 0 Å². The van der Waals surface area contributed by atoms with Crippen LogP contribution in [-0.4, -0.2) is 11.7 Å². The van der Waals surface area contributed by atoms with Crippen LogP contribution in [-0.2, 0) is 4.74 Å². The summed E-state index contributed by atoms with van der Waals surface area (Å²) in [6.07, 6.45) is 7.59. The SMILES string of the molecule is CC(C)=CCCC1(C)CCC(C)C(C)O1. The second kappa shape index (κ2) is 5.16. The fourth-order valence-corrected chi connectivity index (χ4v) is 2.24. The van der Waals surface area contributed by atoms with Crippen molar-refractivity contribution < 1.29 is 4.74 Å². The molecule has 1 fully saturated rings. The van der Waals surface area contributed by atoms with Crippen molar-refractivity contribution >= 4 is 0 Å². The van der Waals surface area contributed by atoms with Crippen LogP contribution in [0, 0.1) is 5.92 Å². The molecule has 88 valence electrons. The number of ether oxygens (including phenoxy) is 1. The Bertz CT molecular complexity index is 227. The fourth-order valence-electron chi connectivity index (χ4n) is 2.24. The van der Waals surface area contributed by atoms with Gasteiger partial charge in [0, 0.05) is 0 Å². The molecule has 0 bridgehead atoms. The minimum Gasteiger partial charge on any atom is -0.372 e. The van der Waals surface area contributed by atoms with Crippen LogP contribution in [0.4, 0.5) is 0 Å². The van der Waals surface area contributed by atoms with E-state index in [0.29, 0.717) is 6.10 Å². The Morgan fingerprint density at radius 2 is 2.07 bits per heavy atom. The van der Waals surface area contributed by atoms with Crippen LogP contribution >= 0.6 is 0 Å². The number of hydrogen-bond acceptors (Lipinski definition) is 1. The Kier molecular flexibility index (Phi) is 4.39. The van der Waals surface area contributed by atoms with E-state index in [0.717, 1.165) is 18.8 Å². The van der Waals surface area contributed by atoms with E-state index < -0.39 is 0 Å². The zero-order valence-corrected chi connectivity index (χ0v) is 11.0. The number of rotatable bonds is 3. The summed E-state index contributed by atoms with van der Waals surface area (Å²) in [7, 11) is 0. The number of hydrogen-bond donors (Lipinski definition) is 0. The third-order valence-electron chi connectivity index (χ3n) is 3.63. The molecule has 0 aromatic carbocycles. The van der Waals surface area contributed by atoms with Crippen molar-refractivity contribution in [3.8, 4) is 0 Å². The smallest absolute Gasteiger partial charge is 0.0661 e. The molecule has 0 aromatic rings. The van der Waals surface area contributed by atoms with Crippen molar-refractivity contribution in [2.75, 3.05) is 0 Å². The Labute approximate surface area is 94.9 Å². The molecule has 1 aliphatic rings. The minimum absolute atomic E-state index is 0.123. The highest BCUT2D eigenvalue weighted by Crippen LogP contribution is 2.35. The van der Waals surface area contributed by atoms with Crippen molar-refractivity contribution in [1.82, 2.24) is 0 Å². The van der Waals surface area contributed by atoms with Gasteiger partial charge in [-0.05, 0) is 59.3 Å². The highest BCUT2D eigenvalue weighted by molar-refractivity contribution is 4.95. The summed E-state index contributed by atoms with van der Waals surface area (Å²) in [6, 6.07) is 0. The van der Waals surface area contributed by atoms with Crippen LogP contribution < -0.4 is 0 Å². The normalized spacial score (nSPS) is 36.3. The van der Waals surface area contributed by atoms with E-state index in [1.807, 2.05) is 0 Å². The molecule has 1 heteroatoms. The Morgan fingerprint density at radius 1 is 1.40 bits per heavy atom. The van der Waals surface area contributed by atoms with E-state index in [1.54, 1.807) is 0 Å². The van der Waals surface area contributed by atoms with Gasteiger partial charge < -0.3 is 4.74 Å². The van der Waals surface area contributed by atoms with Crippen molar-refractivity contribution in [2.24, 2.45) is 5.92 Å². The maximum Gasteiger partial charge on any atom is 0.0661 e. The molecular formula is C14H26O. The predicted octanol–water partition coefficient (Wildman–Crippen LogP) is 4.33. The van der Waals surface area contributed by atoms with Gasteiger partial charge in [-0.25, -0.2) is 0 Å². The van der Waals surface area contributed by atoms with E-state index in [2.05, 4.69) is 40.7 Å². The highest BCUT2D eigenvalue weighted by atomic mass is 16.5. The van der Waals surface area contributed by atoms with Gasteiger partial charge in [-0.15, -0.1) is 0 Å². The van der Waals surface area contributed by atoms with Crippen LogP contribution in [0.3, 0.4) is 0 Å². The largest absolute Gasteiger partial charge is 0.372 e. The average Bonchev–Trinajstić information content (AvgIpc) is 2.11. The topological polar surface area (TPSA) is 9.23 Å². The molecule has 1 heterocycles. The molecule has 1 aliphatic heterocycles. The zero-order valence-electron chi connectivity index (χ0n) is 11.0. The summed E-state index contributed by atoms with van der Waals surface area (Å²) in [4.78, 5) is 0. The first-order valence-corrected chi connectivity index (χ1v) is 6.24. The Balaban J connectivity index is 2.42. The molecule has 0 N–H and O–H groups in total. The summed E-state index contributed by atoms with van der Waals surface area (Å²) in [6.45, 7) is 11.1. The van der Waals surface area contributed by atoms with Crippen LogP contribution in [0.2, 0.25) is 0 Å². The minimum atomic E-state index is 0.123. The van der Waals surface area contributed by atoms with E-state index in [-0.39, 0.29) is 5.60 Å². The maximum atomic E-state index is 6.14. The summed E-state index contributed by atoms with van der Waals surface area (Å²) < 4.78 is 6.14. The van der Waals surface area contributed by atoms with Gasteiger partial charge in [0.2, 0.25) is 0 Å². The van der Waals surface area contributed by atoms with Crippen molar-refractivity contribution in [3.05, 3.63) is 11.6 Å². The second-order valence-electron chi connectivity index (χ2n) is 5.61. The average molecular weight is 210 g/mol. The molecule has 3 atom stereocenters.